The molecule has 1 saturated heterocycles. The Bertz CT molecular complexity index is 1090. The van der Waals surface area contributed by atoms with E-state index in [4.69, 9.17) is 17.3 Å². The molecule has 1 aliphatic rings. The summed E-state index contributed by atoms with van der Waals surface area (Å²) in [5.74, 6) is 0.0336. The third-order valence-corrected chi connectivity index (χ3v) is 4.19. The number of benzene rings is 2. The molecule has 0 spiro atoms. The largest absolute Gasteiger partial charge is 0.399 e. The molecule has 1 aromatic heterocycles. The van der Waals surface area contributed by atoms with Gasteiger partial charge in [-0.05, 0) is 48.0 Å². The molecule has 1 fully saturated rings. The minimum Gasteiger partial charge on any atom is -0.399 e. The number of nitrogens with two attached hydrogens (primary N) is 1. The minimum atomic E-state index is -0.268. The van der Waals surface area contributed by atoms with Crippen LogP contribution in [0.15, 0.2) is 65.4 Å². The van der Waals surface area contributed by atoms with E-state index in [2.05, 4.69) is 20.6 Å². The first-order valence-corrected chi connectivity index (χ1v) is 8.25. The summed E-state index contributed by atoms with van der Waals surface area (Å²) in [5, 5.41) is 7.09. The molecular formula is C19H14ClN5O. The van der Waals surface area contributed by atoms with Gasteiger partial charge in [-0.2, -0.15) is 0 Å². The van der Waals surface area contributed by atoms with E-state index in [9.17, 15) is 4.79 Å². The molecule has 4 rings (SSSR count). The standard InChI is InChI=1S/C19H14ClN5O/c20-14-5-4-13(21)10-16(14)23-19-24-17(18(26)25-19)9-11-3-6-15-12(8-11)2-1-7-22-15/h1-10H,21H2,(H2,23,24,25,26)/b17-9-. The fourth-order valence-corrected chi connectivity index (χ4v) is 2.79. The van der Waals surface area contributed by atoms with Crippen LogP contribution in [0.1, 0.15) is 5.56 Å². The zero-order valence-corrected chi connectivity index (χ0v) is 14.3. The average Bonchev–Trinajstić information content (AvgIpc) is 2.97. The molecule has 7 heteroatoms. The van der Waals surface area contributed by atoms with Gasteiger partial charge in [0.25, 0.3) is 5.91 Å². The van der Waals surface area contributed by atoms with Crippen LogP contribution in [0.25, 0.3) is 17.0 Å². The number of anilines is 1. The highest BCUT2D eigenvalue weighted by Gasteiger charge is 2.22. The van der Waals surface area contributed by atoms with E-state index in [1.807, 2.05) is 30.3 Å². The SMILES string of the molecule is Nc1ccc(Cl)c(N=C2NC(=O)/C(=C/c3ccc4ncccc4c3)N2)c1. The summed E-state index contributed by atoms with van der Waals surface area (Å²) < 4.78 is 0. The number of rotatable bonds is 2. The second-order valence-corrected chi connectivity index (χ2v) is 6.17. The Morgan fingerprint density at radius 2 is 2.00 bits per heavy atom. The molecule has 26 heavy (non-hydrogen) atoms. The fraction of sp³-hybridized carbons (Fsp3) is 0. The van der Waals surface area contributed by atoms with E-state index in [-0.39, 0.29) is 5.91 Å². The van der Waals surface area contributed by atoms with Gasteiger partial charge in [-0.3, -0.25) is 15.1 Å². The number of fused-ring (bicyclic) bond motifs is 1. The quantitative estimate of drug-likeness (QED) is 0.481. The summed E-state index contributed by atoms with van der Waals surface area (Å²) in [6.45, 7) is 0. The number of nitrogen functional groups attached to an aromatic ring is 1. The van der Waals surface area contributed by atoms with Crippen molar-refractivity contribution in [2.45, 2.75) is 0 Å². The van der Waals surface area contributed by atoms with Crippen molar-refractivity contribution in [3.05, 3.63) is 71.0 Å². The molecule has 6 nitrogen and oxygen atoms in total. The lowest BCUT2D eigenvalue weighted by molar-refractivity contribution is -0.115. The molecule has 3 aromatic rings. The van der Waals surface area contributed by atoms with Crippen molar-refractivity contribution in [1.29, 1.82) is 0 Å². The number of carbonyl (C=O) groups is 1. The van der Waals surface area contributed by atoms with Crippen LogP contribution in [0.3, 0.4) is 0 Å². The summed E-state index contributed by atoms with van der Waals surface area (Å²) in [6.07, 6.45) is 3.50. The van der Waals surface area contributed by atoms with Crippen LogP contribution in [-0.4, -0.2) is 16.9 Å². The monoisotopic (exact) mass is 363 g/mol. The first kappa shape index (κ1) is 16.1. The molecule has 128 valence electrons. The topological polar surface area (TPSA) is 92.4 Å². The van der Waals surface area contributed by atoms with Gasteiger partial charge >= 0.3 is 0 Å². The third kappa shape index (κ3) is 3.22. The van der Waals surface area contributed by atoms with Crippen LogP contribution in [0.4, 0.5) is 11.4 Å². The molecule has 0 unspecified atom stereocenters. The summed E-state index contributed by atoms with van der Waals surface area (Å²) in [7, 11) is 0. The number of guanidine groups is 1. The first-order chi connectivity index (χ1) is 12.6. The van der Waals surface area contributed by atoms with Crippen molar-refractivity contribution in [1.82, 2.24) is 15.6 Å². The van der Waals surface area contributed by atoms with Gasteiger partial charge < -0.3 is 11.1 Å². The smallest absolute Gasteiger partial charge is 0.274 e. The summed E-state index contributed by atoms with van der Waals surface area (Å²) in [4.78, 5) is 20.8. The lowest BCUT2D eigenvalue weighted by atomic mass is 10.1. The number of hydrogen-bond acceptors (Lipinski definition) is 4. The van der Waals surface area contributed by atoms with E-state index in [0.29, 0.717) is 28.1 Å². The van der Waals surface area contributed by atoms with Crippen molar-refractivity contribution in [2.24, 2.45) is 4.99 Å². The molecule has 2 aromatic carbocycles. The van der Waals surface area contributed by atoms with Crippen molar-refractivity contribution in [3.8, 4) is 0 Å². The zero-order valence-electron chi connectivity index (χ0n) is 13.5. The second kappa shape index (κ2) is 6.50. The first-order valence-electron chi connectivity index (χ1n) is 7.87. The lowest BCUT2D eigenvalue weighted by Gasteiger charge is -2.02. The average molecular weight is 364 g/mol. The molecule has 0 atom stereocenters. The fourth-order valence-electron chi connectivity index (χ4n) is 2.63. The van der Waals surface area contributed by atoms with E-state index in [0.717, 1.165) is 16.5 Å². The summed E-state index contributed by atoms with van der Waals surface area (Å²) in [5.41, 5.74) is 8.95. The highest BCUT2D eigenvalue weighted by molar-refractivity contribution is 6.33. The van der Waals surface area contributed by atoms with Crippen molar-refractivity contribution in [2.75, 3.05) is 5.73 Å². The third-order valence-electron chi connectivity index (χ3n) is 3.87. The highest BCUT2D eigenvalue weighted by atomic mass is 35.5. The number of nitrogens with one attached hydrogen (secondary N) is 2. The van der Waals surface area contributed by atoms with Crippen molar-refractivity contribution >= 4 is 51.8 Å². The van der Waals surface area contributed by atoms with E-state index < -0.39 is 0 Å². The van der Waals surface area contributed by atoms with Crippen LogP contribution in [-0.2, 0) is 4.79 Å². The van der Waals surface area contributed by atoms with Gasteiger partial charge in [-0.25, -0.2) is 4.99 Å². The van der Waals surface area contributed by atoms with E-state index in [1.165, 1.54) is 0 Å². The lowest BCUT2D eigenvalue weighted by Crippen LogP contribution is -2.24. The number of nitrogens with zero attached hydrogens (tertiary/aromatic N) is 2. The van der Waals surface area contributed by atoms with Gasteiger partial charge in [0.2, 0.25) is 5.96 Å². The molecule has 0 bridgehead atoms. The minimum absolute atomic E-state index is 0.268. The molecule has 0 radical (unpaired) electrons. The van der Waals surface area contributed by atoms with Gasteiger partial charge in [-0.15, -0.1) is 0 Å². The Labute approximate surface area is 154 Å². The van der Waals surface area contributed by atoms with E-state index >= 15 is 0 Å². The normalized spacial score (nSPS) is 16.9. The number of aliphatic imine (C=N–C) groups is 1. The summed E-state index contributed by atoms with van der Waals surface area (Å²) >= 11 is 6.11. The number of hydrogen-bond donors (Lipinski definition) is 3. The number of halogens is 1. The number of aromatic nitrogens is 1. The molecule has 4 N–H and O–H groups in total. The maximum Gasteiger partial charge on any atom is 0.274 e. The van der Waals surface area contributed by atoms with Gasteiger partial charge in [0, 0.05) is 17.3 Å². The van der Waals surface area contributed by atoms with Gasteiger partial charge in [0.15, 0.2) is 0 Å². The van der Waals surface area contributed by atoms with Crippen LogP contribution in [0.5, 0.6) is 0 Å². The van der Waals surface area contributed by atoms with Crippen molar-refractivity contribution in [3.63, 3.8) is 0 Å². The van der Waals surface area contributed by atoms with Crippen LogP contribution in [0.2, 0.25) is 5.02 Å². The van der Waals surface area contributed by atoms with Gasteiger partial charge in [0.1, 0.15) is 5.70 Å². The Hall–Kier alpha value is -3.38. The Balaban J connectivity index is 1.63. The Kier molecular flexibility index (Phi) is 4.02. The molecule has 0 aliphatic carbocycles. The molecule has 0 saturated carbocycles. The van der Waals surface area contributed by atoms with Crippen LogP contribution >= 0.6 is 11.6 Å². The number of carbonyl (C=O) groups excluding carboxylic acids is 1. The molecule has 1 amide bonds. The Morgan fingerprint density at radius 3 is 2.88 bits per heavy atom. The van der Waals surface area contributed by atoms with Gasteiger partial charge in [0.05, 0.1) is 16.2 Å². The van der Waals surface area contributed by atoms with Crippen molar-refractivity contribution < 1.29 is 4.79 Å². The number of amides is 1. The predicted octanol–water partition coefficient (Wildman–Crippen LogP) is 3.22. The van der Waals surface area contributed by atoms with Crippen LogP contribution in [0, 0.1) is 0 Å². The van der Waals surface area contributed by atoms with E-state index in [1.54, 1.807) is 30.5 Å². The molecule has 1 aliphatic heterocycles. The maximum absolute atomic E-state index is 12.2. The van der Waals surface area contributed by atoms with Crippen LogP contribution < -0.4 is 16.4 Å². The second-order valence-electron chi connectivity index (χ2n) is 5.76. The zero-order chi connectivity index (χ0) is 18.1. The molecule has 2 heterocycles. The Morgan fingerprint density at radius 1 is 1.12 bits per heavy atom. The van der Waals surface area contributed by atoms with Gasteiger partial charge in [-0.1, -0.05) is 23.7 Å². The highest BCUT2D eigenvalue weighted by Crippen LogP contribution is 2.27. The number of pyridine rings is 1. The maximum atomic E-state index is 12.2. The molecular weight excluding hydrogens is 350 g/mol. The predicted molar refractivity (Wildman–Crippen MR) is 104 cm³/mol. The summed E-state index contributed by atoms with van der Waals surface area (Å²) in [6, 6.07) is 14.6.